The van der Waals surface area contributed by atoms with Gasteiger partial charge in [-0.25, -0.2) is 4.79 Å². The lowest BCUT2D eigenvalue weighted by atomic mass is 10.1. The number of hydrogen-bond acceptors (Lipinski definition) is 6. The fraction of sp³-hybridized carbons (Fsp3) is 0.691. The summed E-state index contributed by atoms with van der Waals surface area (Å²) in [6, 6.07) is -0.630. The molecule has 0 aliphatic carbocycles. The molecule has 8 heteroatoms. The summed E-state index contributed by atoms with van der Waals surface area (Å²) in [5.74, 6) is -1.55. The molecule has 2 atom stereocenters. The molecule has 0 spiro atoms. The third kappa shape index (κ3) is 43.5. The second-order valence-corrected chi connectivity index (χ2v) is 17.7. The van der Waals surface area contributed by atoms with E-state index in [0.717, 1.165) is 64.2 Å². The van der Waals surface area contributed by atoms with Crippen molar-refractivity contribution in [2.45, 2.75) is 206 Å². The molecule has 0 aliphatic heterocycles. The fourth-order valence-electron chi connectivity index (χ4n) is 6.92. The highest BCUT2D eigenvalue weighted by Gasteiger charge is 2.31. The number of carboxylic acids is 1. The Kier molecular flexibility index (Phi) is 42.6. The van der Waals surface area contributed by atoms with E-state index in [2.05, 4.69) is 98.9 Å². The summed E-state index contributed by atoms with van der Waals surface area (Å²) in [6.07, 6.45) is 59.3. The molecule has 0 saturated heterocycles. The minimum Gasteiger partial charge on any atom is -0.477 e. The van der Waals surface area contributed by atoms with Crippen LogP contribution in [0.5, 0.6) is 0 Å². The van der Waals surface area contributed by atoms with E-state index >= 15 is 0 Å². The first-order chi connectivity index (χ1) is 30.6. The van der Waals surface area contributed by atoms with Gasteiger partial charge in [0, 0.05) is 19.3 Å². The van der Waals surface area contributed by atoms with Crippen LogP contribution in [-0.2, 0) is 28.6 Å². The minimum atomic E-state index is -0.887. The smallest absolute Gasteiger partial charge is 0.362 e. The number of nitrogens with zero attached hydrogens (tertiary/aromatic N) is 1. The van der Waals surface area contributed by atoms with Gasteiger partial charge in [-0.3, -0.25) is 9.59 Å². The summed E-state index contributed by atoms with van der Waals surface area (Å²) in [7, 11) is 5.51. The molecule has 0 aliphatic rings. The number of rotatable bonds is 44. The Bertz CT molecular complexity index is 1300. The summed E-state index contributed by atoms with van der Waals surface area (Å²) in [6.45, 7) is 4.56. The predicted molar refractivity (Wildman–Crippen MR) is 266 cm³/mol. The number of esters is 2. The molecule has 1 N–H and O–H groups in total. The van der Waals surface area contributed by atoms with Crippen LogP contribution < -0.4 is 0 Å². The van der Waals surface area contributed by atoms with Crippen molar-refractivity contribution in [1.29, 1.82) is 0 Å². The van der Waals surface area contributed by atoms with Crippen LogP contribution in [0.2, 0.25) is 0 Å². The lowest BCUT2D eigenvalue weighted by Gasteiger charge is -2.31. The van der Waals surface area contributed by atoms with Gasteiger partial charge in [0.25, 0.3) is 0 Å². The van der Waals surface area contributed by atoms with E-state index in [1.807, 2.05) is 21.1 Å². The number of hydrogen-bond donors (Lipinski definition) is 1. The lowest BCUT2D eigenvalue weighted by Crippen LogP contribution is -2.50. The third-order valence-electron chi connectivity index (χ3n) is 10.8. The summed E-state index contributed by atoms with van der Waals surface area (Å²) >= 11 is 0. The number of carbonyl (C=O) groups excluding carboxylic acids is 2. The molecule has 0 radical (unpaired) electrons. The zero-order chi connectivity index (χ0) is 46.3. The maximum absolute atomic E-state index is 12.8. The summed E-state index contributed by atoms with van der Waals surface area (Å²) in [5.41, 5.74) is 0. The summed E-state index contributed by atoms with van der Waals surface area (Å²) in [4.78, 5) is 37.1. The maximum atomic E-state index is 12.8. The largest absolute Gasteiger partial charge is 0.477 e. The molecule has 0 aromatic carbocycles. The standard InChI is InChI=1S/C55H93NO7/c1-6-8-10-12-14-16-18-20-22-24-26-28-30-32-34-36-38-40-42-44-46-54(58)63-51(49-61-48-47-52(55(59)60)56(3,4)5)50-62-53(57)45-43-41-39-37-35-33-31-29-27-25-23-21-19-17-15-13-11-9-7-2/h8,10,14,16,20,22,25-28,32,34,38,40,51-52H,6-7,9,11-13,15,17-19,21,23-24,29-31,33,35-37,39,41-50H2,1-5H3/p+1/b10-8+,16-14+,22-20+,27-25+,28-26+,34-32+,40-38+. The average molecular weight is 881 g/mol. The molecular formula is C55H94NO7+. The molecule has 0 aromatic rings. The molecule has 8 nitrogen and oxygen atoms in total. The van der Waals surface area contributed by atoms with Gasteiger partial charge in [0.1, 0.15) is 6.61 Å². The normalized spacial score (nSPS) is 13.6. The van der Waals surface area contributed by atoms with Gasteiger partial charge >= 0.3 is 17.9 Å². The van der Waals surface area contributed by atoms with Gasteiger partial charge in [-0.1, -0.05) is 176 Å². The van der Waals surface area contributed by atoms with E-state index in [9.17, 15) is 19.5 Å². The Hall–Kier alpha value is -3.49. The van der Waals surface area contributed by atoms with Crippen molar-refractivity contribution in [3.63, 3.8) is 0 Å². The second kappa shape index (κ2) is 45.1. The molecule has 0 heterocycles. The molecule has 0 rings (SSSR count). The lowest BCUT2D eigenvalue weighted by molar-refractivity contribution is -0.887. The van der Waals surface area contributed by atoms with E-state index in [1.165, 1.54) is 89.9 Å². The van der Waals surface area contributed by atoms with Gasteiger partial charge in [-0.15, -0.1) is 0 Å². The van der Waals surface area contributed by atoms with Crippen molar-refractivity contribution >= 4 is 17.9 Å². The number of allylic oxidation sites excluding steroid dienone is 14. The number of likely N-dealkylation sites (N-methyl/N-ethyl adjacent to an activating group) is 1. The zero-order valence-corrected chi connectivity index (χ0v) is 41.0. The molecule has 0 amide bonds. The Morgan fingerprint density at radius 3 is 1.38 bits per heavy atom. The molecule has 360 valence electrons. The first-order valence-electron chi connectivity index (χ1n) is 25.1. The monoisotopic (exact) mass is 881 g/mol. The third-order valence-corrected chi connectivity index (χ3v) is 10.8. The Morgan fingerprint density at radius 2 is 0.905 bits per heavy atom. The van der Waals surface area contributed by atoms with Crippen molar-refractivity contribution in [1.82, 2.24) is 0 Å². The van der Waals surface area contributed by atoms with Gasteiger partial charge in [0.05, 0.1) is 34.4 Å². The number of unbranched alkanes of at least 4 members (excludes halogenated alkanes) is 16. The number of ether oxygens (including phenoxy) is 3. The van der Waals surface area contributed by atoms with Gasteiger partial charge in [0.2, 0.25) is 0 Å². The first-order valence-corrected chi connectivity index (χ1v) is 25.1. The average Bonchev–Trinajstić information content (AvgIpc) is 3.24. The number of carbonyl (C=O) groups is 3. The SMILES string of the molecule is CC/C=C/C/C=C/C/C=C/C/C=C/C/C=C/C/C=C/CCCC(=O)OC(COCCC(C(=O)O)[N+](C)(C)C)COC(=O)CCCCCCCCC/C=C/CCCCCCCCCC. The van der Waals surface area contributed by atoms with E-state index in [1.54, 1.807) is 0 Å². The number of carboxylic acid groups (broad SMARTS) is 1. The van der Waals surface area contributed by atoms with Crippen LogP contribution in [0.15, 0.2) is 85.1 Å². The van der Waals surface area contributed by atoms with Gasteiger partial charge in [0.15, 0.2) is 12.1 Å². The van der Waals surface area contributed by atoms with Crippen molar-refractivity contribution in [3.05, 3.63) is 85.1 Å². The summed E-state index contributed by atoms with van der Waals surface area (Å²) in [5, 5.41) is 9.65. The molecule has 0 bridgehead atoms. The first kappa shape index (κ1) is 59.5. The Morgan fingerprint density at radius 1 is 0.492 bits per heavy atom. The highest BCUT2D eigenvalue weighted by Crippen LogP contribution is 2.14. The van der Waals surface area contributed by atoms with Gasteiger partial charge in [-0.2, -0.15) is 0 Å². The zero-order valence-electron chi connectivity index (χ0n) is 41.0. The van der Waals surface area contributed by atoms with Crippen LogP contribution in [0.3, 0.4) is 0 Å². The highest BCUT2D eigenvalue weighted by atomic mass is 16.6. The molecule has 63 heavy (non-hydrogen) atoms. The van der Waals surface area contributed by atoms with Crippen molar-refractivity contribution in [2.75, 3.05) is 41.0 Å². The van der Waals surface area contributed by atoms with E-state index < -0.39 is 18.1 Å². The van der Waals surface area contributed by atoms with Gasteiger partial charge in [-0.05, 0) is 83.5 Å². The molecule has 0 aromatic heterocycles. The Balaban J connectivity index is 4.39. The summed E-state index contributed by atoms with van der Waals surface area (Å²) < 4.78 is 17.3. The van der Waals surface area contributed by atoms with Crippen molar-refractivity contribution < 1.29 is 38.2 Å². The van der Waals surface area contributed by atoms with Crippen LogP contribution >= 0.6 is 0 Å². The second-order valence-electron chi connectivity index (χ2n) is 17.7. The van der Waals surface area contributed by atoms with Crippen LogP contribution in [0, 0.1) is 0 Å². The van der Waals surface area contributed by atoms with Crippen LogP contribution in [0.4, 0.5) is 0 Å². The molecular weight excluding hydrogens is 787 g/mol. The Labute approximate surface area is 386 Å². The predicted octanol–water partition coefficient (Wildman–Crippen LogP) is 14.5. The van der Waals surface area contributed by atoms with Crippen molar-refractivity contribution in [3.8, 4) is 0 Å². The number of quaternary nitrogens is 1. The van der Waals surface area contributed by atoms with Crippen LogP contribution in [-0.4, -0.2) is 80.6 Å². The minimum absolute atomic E-state index is 0.0324. The van der Waals surface area contributed by atoms with E-state index in [-0.39, 0.29) is 42.7 Å². The number of aliphatic carboxylic acids is 1. The molecule has 0 fully saturated rings. The van der Waals surface area contributed by atoms with E-state index in [4.69, 9.17) is 14.2 Å². The van der Waals surface area contributed by atoms with Crippen LogP contribution in [0.1, 0.15) is 194 Å². The van der Waals surface area contributed by atoms with Crippen molar-refractivity contribution in [2.24, 2.45) is 0 Å². The highest BCUT2D eigenvalue weighted by molar-refractivity contribution is 5.72. The maximum Gasteiger partial charge on any atom is 0.362 e. The van der Waals surface area contributed by atoms with E-state index in [0.29, 0.717) is 19.3 Å². The topological polar surface area (TPSA) is 99.1 Å². The fourth-order valence-corrected chi connectivity index (χ4v) is 6.92. The molecule has 0 saturated carbocycles. The van der Waals surface area contributed by atoms with Gasteiger partial charge < -0.3 is 23.8 Å². The van der Waals surface area contributed by atoms with Crippen LogP contribution in [0.25, 0.3) is 0 Å². The quantitative estimate of drug-likeness (QED) is 0.0282. The molecule has 2 unspecified atom stereocenters.